The highest BCUT2D eigenvalue weighted by molar-refractivity contribution is 6.11. The van der Waals surface area contributed by atoms with Crippen LogP contribution >= 0.6 is 0 Å². The van der Waals surface area contributed by atoms with E-state index in [0.717, 1.165) is 4.73 Å². The first-order valence-electron chi connectivity index (χ1n) is 9.36. The first-order chi connectivity index (χ1) is 15.3. The zero-order chi connectivity index (χ0) is 22.9. The largest absolute Gasteiger partial charge is 0.493 e. The van der Waals surface area contributed by atoms with Gasteiger partial charge in [-0.1, -0.05) is 35.5 Å². The third-order valence-electron chi connectivity index (χ3n) is 4.80. The number of alkyl halides is 3. The number of carbonyl (C=O) groups excluding carboxylic acids is 2. The fourth-order valence-electron chi connectivity index (χ4n) is 3.37. The van der Waals surface area contributed by atoms with E-state index in [1.165, 1.54) is 24.4 Å². The summed E-state index contributed by atoms with van der Waals surface area (Å²) in [6.45, 7) is 0.176. The van der Waals surface area contributed by atoms with Gasteiger partial charge in [0.1, 0.15) is 5.71 Å². The molecule has 164 valence electrons. The summed E-state index contributed by atoms with van der Waals surface area (Å²) in [7, 11) is 0. The molecule has 2 aromatic heterocycles. The molecular formula is C21H15F3N4O4. The lowest BCUT2D eigenvalue weighted by Gasteiger charge is -2.17. The van der Waals surface area contributed by atoms with Gasteiger partial charge in [0.2, 0.25) is 0 Å². The molecule has 11 heteroatoms. The number of amides is 1. The summed E-state index contributed by atoms with van der Waals surface area (Å²) in [4.78, 5) is 32.6. The van der Waals surface area contributed by atoms with Gasteiger partial charge in [-0.25, -0.2) is 4.79 Å². The van der Waals surface area contributed by atoms with E-state index in [2.05, 4.69) is 20.3 Å². The third kappa shape index (κ3) is 3.92. The monoisotopic (exact) mass is 444 g/mol. The number of nitrogens with zero attached hydrogens (tertiary/aromatic N) is 3. The molecule has 1 amide bonds. The van der Waals surface area contributed by atoms with Gasteiger partial charge in [-0.05, 0) is 18.2 Å². The number of nitrogens with one attached hydrogen (secondary N) is 1. The molecule has 4 rings (SSSR count). The quantitative estimate of drug-likeness (QED) is 0.366. The molecule has 1 aromatic carbocycles. The van der Waals surface area contributed by atoms with E-state index in [9.17, 15) is 28.0 Å². The molecule has 0 spiro atoms. The molecule has 0 saturated heterocycles. The van der Waals surface area contributed by atoms with Crippen molar-refractivity contribution in [2.75, 3.05) is 6.54 Å². The first kappa shape index (κ1) is 21.1. The summed E-state index contributed by atoms with van der Waals surface area (Å²) < 4.78 is 39.3. The number of rotatable bonds is 4. The molecule has 3 aromatic rings. The highest BCUT2D eigenvalue weighted by Gasteiger charge is 2.43. The Morgan fingerprint density at radius 1 is 1.19 bits per heavy atom. The van der Waals surface area contributed by atoms with Crippen molar-refractivity contribution in [2.45, 2.75) is 12.6 Å². The molecule has 0 aliphatic carbocycles. The maximum Gasteiger partial charge on any atom is 0.493 e. The number of benzene rings is 1. The number of carbonyl (C=O) groups is 2. The number of hydrogen-bond acceptors (Lipinski definition) is 6. The molecule has 1 aliphatic rings. The molecule has 3 heterocycles. The SMILES string of the molecule is O=C1NCCc2c1cc(-c1ccnc(/C(=N/O)c3ccccc3)c1)n2OC(=O)C(F)(F)F. The fourth-order valence-corrected chi connectivity index (χ4v) is 3.37. The van der Waals surface area contributed by atoms with Crippen LogP contribution in [0.2, 0.25) is 0 Å². The molecule has 0 saturated carbocycles. The maximum atomic E-state index is 12.9. The van der Waals surface area contributed by atoms with E-state index in [1.807, 2.05) is 0 Å². The summed E-state index contributed by atoms with van der Waals surface area (Å²) in [6.07, 6.45) is -3.70. The van der Waals surface area contributed by atoms with Crippen molar-refractivity contribution in [2.24, 2.45) is 5.16 Å². The molecule has 0 radical (unpaired) electrons. The van der Waals surface area contributed by atoms with E-state index in [0.29, 0.717) is 11.1 Å². The molecule has 0 unspecified atom stereocenters. The minimum atomic E-state index is -5.22. The Balaban J connectivity index is 1.83. The van der Waals surface area contributed by atoms with Gasteiger partial charge in [0.25, 0.3) is 5.91 Å². The summed E-state index contributed by atoms with van der Waals surface area (Å²) in [5.41, 5.74) is 1.46. The topological polar surface area (TPSA) is 106 Å². The molecule has 0 fully saturated rings. The van der Waals surface area contributed by atoms with Crippen molar-refractivity contribution in [1.29, 1.82) is 0 Å². The van der Waals surface area contributed by atoms with E-state index in [-0.39, 0.29) is 41.3 Å². The van der Waals surface area contributed by atoms with Crippen LogP contribution in [-0.2, 0) is 11.2 Å². The second-order valence-electron chi connectivity index (χ2n) is 6.81. The smallest absolute Gasteiger partial charge is 0.410 e. The van der Waals surface area contributed by atoms with E-state index >= 15 is 0 Å². The van der Waals surface area contributed by atoms with Crippen LogP contribution in [0.5, 0.6) is 0 Å². The lowest BCUT2D eigenvalue weighted by molar-refractivity contribution is -0.199. The Hall–Kier alpha value is -4.15. The summed E-state index contributed by atoms with van der Waals surface area (Å²) in [5, 5.41) is 15.4. The van der Waals surface area contributed by atoms with Gasteiger partial charge >= 0.3 is 12.1 Å². The van der Waals surface area contributed by atoms with Crippen LogP contribution in [-0.4, -0.2) is 45.2 Å². The number of fused-ring (bicyclic) bond motifs is 1. The second kappa shape index (κ2) is 8.17. The Kier molecular flexibility index (Phi) is 5.39. The maximum absolute atomic E-state index is 12.9. The van der Waals surface area contributed by atoms with Crippen molar-refractivity contribution in [3.8, 4) is 11.3 Å². The third-order valence-corrected chi connectivity index (χ3v) is 4.80. The van der Waals surface area contributed by atoms with Gasteiger partial charge in [-0.2, -0.15) is 17.9 Å². The zero-order valence-electron chi connectivity index (χ0n) is 16.3. The van der Waals surface area contributed by atoms with Gasteiger partial charge < -0.3 is 15.4 Å². The Morgan fingerprint density at radius 2 is 1.94 bits per heavy atom. The van der Waals surface area contributed by atoms with Crippen molar-refractivity contribution in [1.82, 2.24) is 15.0 Å². The number of aromatic nitrogens is 2. The van der Waals surface area contributed by atoms with E-state index in [1.54, 1.807) is 30.3 Å². The van der Waals surface area contributed by atoms with Gasteiger partial charge in [0.15, 0.2) is 0 Å². The van der Waals surface area contributed by atoms with Gasteiger partial charge in [-0.3, -0.25) is 9.78 Å². The van der Waals surface area contributed by atoms with E-state index < -0.39 is 18.1 Å². The summed E-state index contributed by atoms with van der Waals surface area (Å²) in [5.74, 6) is -2.91. The standard InChI is InChI=1S/C21H15F3N4O4/c22-21(23,24)20(30)32-28-16-7-9-26-19(29)14(16)11-17(28)13-6-8-25-15(10-13)18(27-31)12-4-2-1-3-5-12/h1-6,8,10-11,31H,7,9H2,(H,26,29)/b27-18+. The zero-order valence-corrected chi connectivity index (χ0v) is 16.3. The number of oxime groups is 1. The normalized spacial score (nSPS) is 14.0. The Labute approximate surface area is 178 Å². The predicted octanol–water partition coefficient (Wildman–Crippen LogP) is 2.58. The van der Waals surface area contributed by atoms with Crippen molar-refractivity contribution in [3.63, 3.8) is 0 Å². The van der Waals surface area contributed by atoms with Gasteiger partial charge in [0.05, 0.1) is 22.6 Å². The molecule has 0 bridgehead atoms. The number of halogens is 3. The lowest BCUT2D eigenvalue weighted by Crippen LogP contribution is -2.37. The summed E-state index contributed by atoms with van der Waals surface area (Å²) in [6, 6.07) is 12.9. The molecule has 32 heavy (non-hydrogen) atoms. The molecular weight excluding hydrogens is 429 g/mol. The van der Waals surface area contributed by atoms with Gasteiger partial charge in [0, 0.05) is 30.3 Å². The minimum Gasteiger partial charge on any atom is -0.410 e. The fraction of sp³-hybridized carbons (Fsp3) is 0.143. The van der Waals surface area contributed by atoms with Crippen LogP contribution in [0, 0.1) is 0 Å². The van der Waals surface area contributed by atoms with Crippen LogP contribution in [0.1, 0.15) is 27.3 Å². The Bertz CT molecular complexity index is 1220. The average Bonchev–Trinajstić information content (AvgIpc) is 3.14. The predicted molar refractivity (Wildman–Crippen MR) is 105 cm³/mol. The number of hydrogen-bond donors (Lipinski definition) is 2. The Morgan fingerprint density at radius 3 is 2.62 bits per heavy atom. The van der Waals surface area contributed by atoms with Crippen LogP contribution in [0.15, 0.2) is 59.9 Å². The van der Waals surface area contributed by atoms with Crippen LogP contribution in [0.3, 0.4) is 0 Å². The molecule has 2 N–H and O–H groups in total. The highest BCUT2D eigenvalue weighted by atomic mass is 19.4. The van der Waals surface area contributed by atoms with Crippen molar-refractivity contribution < 1.29 is 32.8 Å². The highest BCUT2D eigenvalue weighted by Crippen LogP contribution is 2.29. The van der Waals surface area contributed by atoms with E-state index in [4.69, 9.17) is 0 Å². The number of pyridine rings is 1. The second-order valence-corrected chi connectivity index (χ2v) is 6.81. The van der Waals surface area contributed by atoms with Crippen molar-refractivity contribution >= 4 is 17.6 Å². The molecule has 1 aliphatic heterocycles. The molecule has 8 nitrogen and oxygen atoms in total. The molecule has 0 atom stereocenters. The first-order valence-corrected chi connectivity index (χ1v) is 9.36. The minimum absolute atomic E-state index is 0.0404. The van der Waals surface area contributed by atoms with Crippen LogP contribution < -0.4 is 10.2 Å². The van der Waals surface area contributed by atoms with Crippen molar-refractivity contribution in [3.05, 3.63) is 77.2 Å². The van der Waals surface area contributed by atoms with Crippen LogP contribution in [0.25, 0.3) is 11.3 Å². The lowest BCUT2D eigenvalue weighted by atomic mass is 10.0. The summed E-state index contributed by atoms with van der Waals surface area (Å²) >= 11 is 0. The van der Waals surface area contributed by atoms with Crippen LogP contribution in [0.4, 0.5) is 13.2 Å². The average molecular weight is 444 g/mol. The van der Waals surface area contributed by atoms with Gasteiger partial charge in [-0.15, -0.1) is 0 Å².